The molecule has 90 valence electrons. The lowest BCUT2D eigenvalue weighted by atomic mass is 10.3. The molecule has 0 bridgehead atoms. The summed E-state index contributed by atoms with van der Waals surface area (Å²) in [5.74, 6) is 1.12. The minimum atomic E-state index is 0.0579. The van der Waals surface area contributed by atoms with Crippen LogP contribution in [0.15, 0.2) is 18.7 Å². The lowest BCUT2D eigenvalue weighted by Crippen LogP contribution is -2.03. The fourth-order valence-corrected chi connectivity index (χ4v) is 1.80. The summed E-state index contributed by atoms with van der Waals surface area (Å²) >= 11 is 0. The Hall–Kier alpha value is -3.26. The maximum Gasteiger partial charge on any atom is 0.204 e. The first kappa shape index (κ1) is 10.9. The van der Waals surface area contributed by atoms with Gasteiger partial charge in [-0.05, 0) is 6.92 Å². The second-order valence-corrected chi connectivity index (χ2v) is 3.73. The topological polar surface area (TPSA) is 108 Å². The molecule has 0 unspecified atom stereocenters. The van der Waals surface area contributed by atoms with Gasteiger partial charge in [0, 0.05) is 12.4 Å². The lowest BCUT2D eigenvalue weighted by molar-refractivity contribution is 0.948. The first-order valence-electron chi connectivity index (χ1n) is 5.30. The van der Waals surface area contributed by atoms with E-state index in [0.29, 0.717) is 17.3 Å². The third kappa shape index (κ3) is 1.44. The first-order chi connectivity index (χ1) is 9.26. The molecule has 0 N–H and O–H groups in total. The molecule has 0 aliphatic carbocycles. The van der Waals surface area contributed by atoms with Gasteiger partial charge in [0.1, 0.15) is 24.3 Å². The van der Waals surface area contributed by atoms with Gasteiger partial charge in [0.05, 0.1) is 0 Å². The van der Waals surface area contributed by atoms with E-state index in [0.717, 1.165) is 0 Å². The van der Waals surface area contributed by atoms with Crippen LogP contribution in [0.2, 0.25) is 0 Å². The molecule has 3 aromatic rings. The highest BCUT2D eigenvalue weighted by atomic mass is 15.3. The summed E-state index contributed by atoms with van der Waals surface area (Å²) in [4.78, 5) is 8.06. The normalized spacial score (nSPS) is 10.3. The summed E-state index contributed by atoms with van der Waals surface area (Å²) in [6, 6.07) is 3.81. The largest absolute Gasteiger partial charge is 0.282 e. The highest BCUT2D eigenvalue weighted by molar-refractivity contribution is 5.56. The molecular formula is C11H6N8. The van der Waals surface area contributed by atoms with E-state index in [4.69, 9.17) is 10.5 Å². The van der Waals surface area contributed by atoms with Crippen molar-refractivity contribution >= 4 is 5.65 Å². The maximum absolute atomic E-state index is 9.13. The summed E-state index contributed by atoms with van der Waals surface area (Å²) in [5.41, 5.74) is 0.685. The number of nitrogens with zero attached hydrogens (tertiary/aromatic N) is 8. The molecule has 0 aromatic carbocycles. The standard InChI is InChI=1S/C11H6N8/c1-7-16-17-11-10(14-2-3-18(7)11)19-6-15-8(4-12)9(19)5-13/h2-3,6H,1H3. The minimum absolute atomic E-state index is 0.0579. The monoisotopic (exact) mass is 250 g/mol. The fourth-order valence-electron chi connectivity index (χ4n) is 1.80. The van der Waals surface area contributed by atoms with Crippen LogP contribution in [0.5, 0.6) is 0 Å². The molecule has 19 heavy (non-hydrogen) atoms. The van der Waals surface area contributed by atoms with Gasteiger partial charge in [-0.15, -0.1) is 10.2 Å². The zero-order chi connectivity index (χ0) is 13.4. The predicted molar refractivity (Wildman–Crippen MR) is 62.1 cm³/mol. The van der Waals surface area contributed by atoms with E-state index >= 15 is 0 Å². The number of aromatic nitrogens is 6. The average molecular weight is 250 g/mol. The number of hydrogen-bond acceptors (Lipinski definition) is 6. The Kier molecular flexibility index (Phi) is 2.23. The molecule has 8 heteroatoms. The molecule has 3 aromatic heterocycles. The number of imidazole rings is 1. The van der Waals surface area contributed by atoms with Crippen molar-refractivity contribution in [2.45, 2.75) is 6.92 Å². The van der Waals surface area contributed by atoms with Gasteiger partial charge in [-0.3, -0.25) is 8.97 Å². The number of hydrogen-bond donors (Lipinski definition) is 0. The molecule has 0 atom stereocenters. The third-order valence-electron chi connectivity index (χ3n) is 2.69. The van der Waals surface area contributed by atoms with Gasteiger partial charge in [0.25, 0.3) is 0 Å². The summed E-state index contributed by atoms with van der Waals surface area (Å²) in [5, 5.41) is 26.0. The van der Waals surface area contributed by atoms with Crippen LogP contribution in [-0.4, -0.2) is 29.1 Å². The maximum atomic E-state index is 9.13. The van der Waals surface area contributed by atoms with E-state index in [-0.39, 0.29) is 11.4 Å². The Morgan fingerprint density at radius 3 is 2.74 bits per heavy atom. The van der Waals surface area contributed by atoms with Crippen molar-refractivity contribution in [1.29, 1.82) is 10.5 Å². The summed E-state index contributed by atoms with van der Waals surface area (Å²) in [7, 11) is 0. The third-order valence-corrected chi connectivity index (χ3v) is 2.69. The summed E-state index contributed by atoms with van der Waals surface area (Å²) in [6.07, 6.45) is 4.68. The van der Waals surface area contributed by atoms with Crippen LogP contribution < -0.4 is 0 Å². The van der Waals surface area contributed by atoms with E-state index in [2.05, 4.69) is 20.2 Å². The molecule has 8 nitrogen and oxygen atoms in total. The van der Waals surface area contributed by atoms with Crippen LogP contribution in [0.1, 0.15) is 17.2 Å². The summed E-state index contributed by atoms with van der Waals surface area (Å²) in [6.45, 7) is 1.81. The predicted octanol–water partition coefficient (Wildman–Crippen LogP) is 0.362. The molecular weight excluding hydrogens is 244 g/mol. The van der Waals surface area contributed by atoms with Gasteiger partial charge in [-0.2, -0.15) is 10.5 Å². The SMILES string of the molecule is Cc1nnc2c(-n3cnc(C#N)c3C#N)nccn12. The van der Waals surface area contributed by atoms with Crippen LogP contribution in [-0.2, 0) is 0 Å². The van der Waals surface area contributed by atoms with Crippen molar-refractivity contribution in [3.05, 3.63) is 35.9 Å². The number of nitriles is 2. The molecule has 0 amide bonds. The van der Waals surface area contributed by atoms with Crippen LogP contribution in [0.3, 0.4) is 0 Å². The van der Waals surface area contributed by atoms with Gasteiger partial charge in [-0.25, -0.2) is 9.97 Å². The molecule has 0 aliphatic heterocycles. The smallest absolute Gasteiger partial charge is 0.204 e. The zero-order valence-corrected chi connectivity index (χ0v) is 9.81. The van der Waals surface area contributed by atoms with Crippen LogP contribution in [0.4, 0.5) is 0 Å². The molecule has 0 spiro atoms. The van der Waals surface area contributed by atoms with E-state index in [1.54, 1.807) is 16.8 Å². The van der Waals surface area contributed by atoms with Gasteiger partial charge in [0.2, 0.25) is 5.65 Å². The highest BCUT2D eigenvalue weighted by Crippen LogP contribution is 2.16. The van der Waals surface area contributed by atoms with Gasteiger partial charge < -0.3 is 0 Å². The molecule has 0 aliphatic rings. The molecule has 3 heterocycles. The Bertz CT molecular complexity index is 857. The first-order valence-corrected chi connectivity index (χ1v) is 5.30. The van der Waals surface area contributed by atoms with Crippen LogP contribution >= 0.6 is 0 Å². The molecule has 0 saturated heterocycles. The second-order valence-electron chi connectivity index (χ2n) is 3.73. The van der Waals surface area contributed by atoms with Crippen molar-refractivity contribution in [2.24, 2.45) is 0 Å². The van der Waals surface area contributed by atoms with Crippen LogP contribution in [0, 0.1) is 29.6 Å². The fraction of sp³-hybridized carbons (Fsp3) is 0.0909. The second kappa shape index (κ2) is 3.89. The molecule has 0 radical (unpaired) electrons. The Morgan fingerprint density at radius 1 is 1.16 bits per heavy atom. The molecule has 0 saturated carbocycles. The zero-order valence-electron chi connectivity index (χ0n) is 9.81. The number of rotatable bonds is 1. The van der Waals surface area contributed by atoms with Crippen molar-refractivity contribution in [1.82, 2.24) is 29.1 Å². The van der Waals surface area contributed by atoms with E-state index in [1.165, 1.54) is 10.9 Å². The Morgan fingerprint density at radius 2 is 2.00 bits per heavy atom. The number of fused-ring (bicyclic) bond motifs is 1. The minimum Gasteiger partial charge on any atom is -0.282 e. The van der Waals surface area contributed by atoms with Crippen molar-refractivity contribution < 1.29 is 0 Å². The Labute approximate surface area is 107 Å². The molecule has 3 rings (SSSR count). The Balaban J connectivity index is 2.35. The van der Waals surface area contributed by atoms with E-state index in [1.807, 2.05) is 19.1 Å². The van der Waals surface area contributed by atoms with Crippen molar-refractivity contribution in [2.75, 3.05) is 0 Å². The van der Waals surface area contributed by atoms with Crippen LogP contribution in [0.25, 0.3) is 11.5 Å². The number of aryl methyl sites for hydroxylation is 1. The summed E-state index contributed by atoms with van der Waals surface area (Å²) < 4.78 is 3.18. The van der Waals surface area contributed by atoms with Gasteiger partial charge in [0.15, 0.2) is 17.2 Å². The van der Waals surface area contributed by atoms with Crippen molar-refractivity contribution in [3.63, 3.8) is 0 Å². The highest BCUT2D eigenvalue weighted by Gasteiger charge is 2.16. The van der Waals surface area contributed by atoms with Crippen molar-refractivity contribution in [3.8, 4) is 18.0 Å². The lowest BCUT2D eigenvalue weighted by Gasteiger charge is -2.03. The van der Waals surface area contributed by atoms with E-state index < -0.39 is 0 Å². The van der Waals surface area contributed by atoms with E-state index in [9.17, 15) is 0 Å². The molecule has 0 fully saturated rings. The average Bonchev–Trinajstić information content (AvgIpc) is 3.02. The van der Waals surface area contributed by atoms with Gasteiger partial charge >= 0.3 is 0 Å². The quantitative estimate of drug-likeness (QED) is 0.617. The van der Waals surface area contributed by atoms with Gasteiger partial charge in [-0.1, -0.05) is 0 Å².